The topological polar surface area (TPSA) is 148 Å². The van der Waals surface area contributed by atoms with Crippen LogP contribution in [0.15, 0.2) is 54.7 Å². The maximum atomic E-state index is 15.4. The van der Waals surface area contributed by atoms with E-state index >= 15 is 9.18 Å². The number of nitrogens with one attached hydrogen (secondary N) is 2. The molecule has 3 aliphatic rings. The quantitative estimate of drug-likeness (QED) is 0.0389. The Hall–Kier alpha value is -5.17. The third-order valence-corrected chi connectivity index (χ3v) is 16.4. The molecule has 5 heterocycles. The van der Waals surface area contributed by atoms with E-state index in [-0.39, 0.29) is 73.7 Å². The highest BCUT2D eigenvalue weighted by Gasteiger charge is 2.49. The van der Waals surface area contributed by atoms with E-state index in [1.165, 1.54) is 16.7 Å². The molecule has 2 aromatic heterocycles. The predicted molar refractivity (Wildman–Crippen MR) is 289 cm³/mol. The van der Waals surface area contributed by atoms with Crippen LogP contribution in [0.3, 0.4) is 0 Å². The van der Waals surface area contributed by atoms with Gasteiger partial charge in [-0.15, -0.1) is 24.4 Å². The van der Waals surface area contributed by atoms with Gasteiger partial charge in [0.15, 0.2) is 9.74 Å². The zero-order valence-corrected chi connectivity index (χ0v) is 47.0. The van der Waals surface area contributed by atoms with Crippen LogP contribution >= 0.6 is 24.4 Å². The Bertz CT molecular complexity index is 2890. The third kappa shape index (κ3) is 12.9. The number of aromatic nitrogens is 2. The van der Waals surface area contributed by atoms with Gasteiger partial charge in [-0.3, -0.25) is 29.3 Å². The number of thioether (sulfide) groups is 1. The molecule has 3 amide bonds. The molecule has 2 N–H and O–H groups in total. The van der Waals surface area contributed by atoms with Crippen molar-refractivity contribution in [2.45, 2.75) is 121 Å². The number of rotatable bonds is 13. The molecule has 2 aromatic carbocycles. The average molecular weight is 1090 g/mol. The van der Waals surface area contributed by atoms with Gasteiger partial charge < -0.3 is 29.0 Å². The number of thiol groups is 1. The van der Waals surface area contributed by atoms with Crippen LogP contribution in [0.1, 0.15) is 89.8 Å². The number of hydrogen-bond donors (Lipinski definition) is 3. The number of esters is 1. The minimum Gasteiger partial charge on any atom is -0.463 e. The Kier molecular flexibility index (Phi) is 17.7. The lowest BCUT2D eigenvalue weighted by molar-refractivity contribution is -0.158. The van der Waals surface area contributed by atoms with E-state index in [1.807, 2.05) is 60.5 Å². The molecule has 0 aliphatic carbocycles. The standard InChI is InChI=1S/C56H71F4N7O7S2/c1-34(2)44(31-73-40-29-65(30-40)46(68)17-19-53(6,7)64(8)9)49(69)62-55(76-11)26-36-22-37(28-57)24-39(23-36)38-15-16-45-42(25-38)43(27-52(4,5)33-74-51(71)54(75)18-13-21-67(63-54)50(55)70)48(66(45)32-56(58,59)60)41-14-12-20-61-47(41)35(3)72-10/h12,14-16,20,22-25,34-35,40,44,63,75H,13,18,21,26-33H2,1-11H3,(H,62,69)/t35-,44?,54-,55+/m0/s1. The van der Waals surface area contributed by atoms with Crippen molar-refractivity contribution in [2.75, 3.05) is 60.3 Å². The minimum absolute atomic E-state index is 0.0239. The largest absolute Gasteiger partial charge is 0.463 e. The Morgan fingerprint density at radius 2 is 1.79 bits per heavy atom. The highest BCUT2D eigenvalue weighted by atomic mass is 32.2. The number of carbonyl (C=O) groups is 4. The van der Waals surface area contributed by atoms with Crippen molar-refractivity contribution in [1.82, 2.24) is 35.1 Å². The van der Waals surface area contributed by atoms with E-state index < -0.39 is 69.9 Å². The summed E-state index contributed by atoms with van der Waals surface area (Å²) in [7, 11) is 5.27. The number of benzene rings is 2. The average Bonchev–Trinajstić information content (AvgIpc) is 3.63. The lowest BCUT2D eigenvalue weighted by Crippen LogP contribution is -2.68. The molecule has 20 heteroatoms. The molecular formula is C56H71F4N7O7S2. The molecule has 76 heavy (non-hydrogen) atoms. The van der Waals surface area contributed by atoms with Crippen LogP contribution in [0.25, 0.3) is 33.3 Å². The van der Waals surface area contributed by atoms with Gasteiger partial charge in [0.1, 0.15) is 13.2 Å². The Balaban J connectivity index is 1.32. The number of nitrogens with zero attached hydrogens (tertiary/aromatic N) is 5. The van der Waals surface area contributed by atoms with Gasteiger partial charge in [0.05, 0.1) is 48.3 Å². The SMILES string of the molecule is CO[C@@H](C)c1ncccc1-c1c2c3cc(ccc3n1CC(F)(F)F)-c1cc(CF)cc(c1)C[C@@](NC(=O)C(COC1CN(C(=O)C#CC(C)(C)N(C)C)C1)C(C)C)(SC)C(=O)N1CCC[C@@](S)(N1)C(=O)OCC(C)(C)C2. The number of carbonyl (C=O) groups excluding carboxylic acids is 4. The van der Waals surface area contributed by atoms with Crippen molar-refractivity contribution in [3.05, 3.63) is 77.1 Å². The molecule has 412 valence electrons. The van der Waals surface area contributed by atoms with Crippen LogP contribution in [0, 0.1) is 29.1 Å². The van der Waals surface area contributed by atoms with E-state index in [0.717, 1.165) is 11.8 Å². The second kappa shape index (κ2) is 23.0. The van der Waals surface area contributed by atoms with E-state index in [9.17, 15) is 27.6 Å². The number of hydrazine groups is 1. The van der Waals surface area contributed by atoms with Crippen molar-refractivity contribution < 1.29 is 51.0 Å². The zero-order chi connectivity index (χ0) is 55.7. The second-order valence-electron chi connectivity index (χ2n) is 22.1. The normalized spacial score (nSPS) is 21.4. The number of fused-ring (bicyclic) bond motifs is 6. The molecule has 4 aromatic rings. The Labute approximate surface area is 453 Å². The monoisotopic (exact) mass is 1090 g/mol. The maximum absolute atomic E-state index is 15.4. The lowest BCUT2D eigenvalue weighted by Gasteiger charge is -2.44. The molecule has 0 radical (unpaired) electrons. The van der Waals surface area contributed by atoms with Crippen molar-refractivity contribution in [1.29, 1.82) is 0 Å². The Morgan fingerprint density at radius 3 is 2.43 bits per heavy atom. The van der Waals surface area contributed by atoms with Crippen molar-refractivity contribution in [3.8, 4) is 34.2 Å². The van der Waals surface area contributed by atoms with Crippen molar-refractivity contribution in [2.24, 2.45) is 17.3 Å². The first-order valence-electron chi connectivity index (χ1n) is 25.5. The smallest absolute Gasteiger partial charge is 0.406 e. The lowest BCUT2D eigenvalue weighted by atomic mass is 9.84. The van der Waals surface area contributed by atoms with Gasteiger partial charge in [-0.1, -0.05) is 51.8 Å². The molecule has 7 rings (SSSR count). The fourth-order valence-corrected chi connectivity index (χ4v) is 10.9. The molecule has 0 spiro atoms. The van der Waals surface area contributed by atoms with Crippen LogP contribution in [0.5, 0.6) is 0 Å². The van der Waals surface area contributed by atoms with Crippen LogP contribution in [0.4, 0.5) is 17.6 Å². The second-order valence-corrected chi connectivity index (χ2v) is 24.0. The molecule has 3 aliphatic heterocycles. The highest BCUT2D eigenvalue weighted by Crippen LogP contribution is 2.44. The molecular weight excluding hydrogens is 1020 g/mol. The zero-order valence-electron chi connectivity index (χ0n) is 45.2. The number of methoxy groups -OCH3 is 1. The summed E-state index contributed by atoms with van der Waals surface area (Å²) in [5.41, 5.74) is 5.43. The maximum Gasteiger partial charge on any atom is 0.406 e. The number of amides is 3. The fourth-order valence-electron chi connectivity index (χ4n) is 9.73. The number of hydrogen-bond acceptors (Lipinski definition) is 12. The van der Waals surface area contributed by atoms with Crippen LogP contribution in [0.2, 0.25) is 0 Å². The first-order valence-corrected chi connectivity index (χ1v) is 27.2. The summed E-state index contributed by atoms with van der Waals surface area (Å²) in [5, 5.41) is 4.88. The van der Waals surface area contributed by atoms with Gasteiger partial charge in [0.25, 0.3) is 11.8 Å². The molecule has 0 saturated carbocycles. The van der Waals surface area contributed by atoms with E-state index in [0.29, 0.717) is 58.4 Å². The molecule has 2 saturated heterocycles. The van der Waals surface area contributed by atoms with Gasteiger partial charge in [0.2, 0.25) is 5.91 Å². The van der Waals surface area contributed by atoms with E-state index in [2.05, 4.69) is 27.6 Å². The molecule has 6 bridgehead atoms. The number of pyridine rings is 1. The van der Waals surface area contributed by atoms with Gasteiger partial charge in [-0.25, -0.2) is 14.6 Å². The van der Waals surface area contributed by atoms with Crippen molar-refractivity contribution in [3.63, 3.8) is 0 Å². The summed E-state index contributed by atoms with van der Waals surface area (Å²) in [6.07, 6.45) is -1.89. The minimum atomic E-state index is -4.65. The summed E-state index contributed by atoms with van der Waals surface area (Å²) in [6, 6.07) is 13.6. The van der Waals surface area contributed by atoms with E-state index in [4.69, 9.17) is 26.8 Å². The first-order chi connectivity index (χ1) is 35.6. The number of cyclic esters (lactones) is 1. The summed E-state index contributed by atoms with van der Waals surface area (Å²) in [4.78, 5) is 62.0. The summed E-state index contributed by atoms with van der Waals surface area (Å²) in [5.74, 6) is 2.53. The van der Waals surface area contributed by atoms with E-state index in [1.54, 1.807) is 72.8 Å². The van der Waals surface area contributed by atoms with Crippen LogP contribution in [-0.2, 0) is 59.4 Å². The molecule has 14 nitrogen and oxygen atoms in total. The number of halogens is 4. The summed E-state index contributed by atoms with van der Waals surface area (Å²) in [6.45, 7) is 11.3. The van der Waals surface area contributed by atoms with Crippen LogP contribution in [-0.4, -0.2) is 136 Å². The first kappa shape index (κ1) is 58.5. The van der Waals surface area contributed by atoms with Gasteiger partial charge >= 0.3 is 12.1 Å². The van der Waals surface area contributed by atoms with Crippen LogP contribution < -0.4 is 10.7 Å². The van der Waals surface area contributed by atoms with Gasteiger partial charge in [-0.05, 0) is 130 Å². The van der Waals surface area contributed by atoms with Crippen molar-refractivity contribution >= 4 is 59.0 Å². The van der Waals surface area contributed by atoms with Gasteiger partial charge in [-0.2, -0.15) is 13.2 Å². The van der Waals surface area contributed by atoms with Gasteiger partial charge in [0, 0.05) is 61.2 Å². The number of ether oxygens (including phenoxy) is 3. The third-order valence-electron chi connectivity index (χ3n) is 14.8. The number of likely N-dealkylation sites (tertiary alicyclic amines) is 1. The summed E-state index contributed by atoms with van der Waals surface area (Å²) >= 11 is 5.90. The summed E-state index contributed by atoms with van der Waals surface area (Å²) < 4.78 is 78.9. The fraction of sp³-hybridized carbons (Fsp3) is 0.554. The molecule has 1 unspecified atom stereocenters. The highest BCUT2D eigenvalue weighted by molar-refractivity contribution is 8.00. The Morgan fingerprint density at radius 1 is 1.07 bits per heavy atom. The molecule has 4 atom stereocenters. The predicted octanol–water partition coefficient (Wildman–Crippen LogP) is 8.55. The number of alkyl halides is 4. The molecule has 2 fully saturated rings.